The number of halogens is 1. The summed E-state index contributed by atoms with van der Waals surface area (Å²) in [7, 11) is 0. The number of fused-ring (bicyclic) bond motifs is 1. The minimum absolute atomic E-state index is 0. The number of thioether (sulfide) groups is 1. The van der Waals surface area contributed by atoms with Gasteiger partial charge in [0.2, 0.25) is 0 Å². The van der Waals surface area contributed by atoms with Crippen molar-refractivity contribution in [3.8, 4) is 6.07 Å². The molecule has 0 fully saturated rings. The van der Waals surface area contributed by atoms with Crippen LogP contribution in [0.5, 0.6) is 0 Å². The van der Waals surface area contributed by atoms with E-state index in [1.807, 2.05) is 30.3 Å². The number of benzene rings is 2. The van der Waals surface area contributed by atoms with Crippen LogP contribution in [0, 0.1) is 16.7 Å². The summed E-state index contributed by atoms with van der Waals surface area (Å²) >= 11 is 1.30. The number of nitrogens with one attached hydrogen (secondary N) is 1. The van der Waals surface area contributed by atoms with Crippen molar-refractivity contribution in [1.82, 2.24) is 0 Å². The first-order valence-corrected chi connectivity index (χ1v) is 6.53. The molecule has 0 amide bonds. The highest BCUT2D eigenvalue weighted by Crippen LogP contribution is 2.25. The molecule has 0 aliphatic rings. The zero-order chi connectivity index (χ0) is 13.0. The fourth-order valence-corrected chi connectivity index (χ4v) is 2.48. The summed E-state index contributed by atoms with van der Waals surface area (Å²) in [5, 5.41) is 18.5. The molecule has 0 bridgehead atoms. The third-order valence-electron chi connectivity index (χ3n) is 2.67. The molecule has 0 unspecified atom stereocenters. The van der Waals surface area contributed by atoms with Gasteiger partial charge < -0.3 is 5.73 Å². The highest BCUT2D eigenvalue weighted by molar-refractivity contribution is 8.13. The van der Waals surface area contributed by atoms with Crippen molar-refractivity contribution < 1.29 is 0 Å². The van der Waals surface area contributed by atoms with Crippen molar-refractivity contribution in [3.63, 3.8) is 0 Å². The molecule has 0 spiro atoms. The van der Waals surface area contributed by atoms with E-state index < -0.39 is 0 Å². The van der Waals surface area contributed by atoms with Gasteiger partial charge >= 0.3 is 0 Å². The Bertz CT molecular complexity index is 634. The van der Waals surface area contributed by atoms with E-state index in [4.69, 9.17) is 16.4 Å². The summed E-state index contributed by atoms with van der Waals surface area (Å²) in [6.45, 7) is 0. The maximum atomic E-state index is 8.79. The topological polar surface area (TPSA) is 73.7 Å². The van der Waals surface area contributed by atoms with Crippen LogP contribution < -0.4 is 5.73 Å². The largest absolute Gasteiger partial charge is 0.379 e. The maximum Gasteiger partial charge on any atom is 0.151 e. The van der Waals surface area contributed by atoms with Gasteiger partial charge in [0.15, 0.2) is 5.17 Å². The quantitative estimate of drug-likeness (QED) is 0.672. The number of amidine groups is 1. The van der Waals surface area contributed by atoms with Gasteiger partial charge in [0.1, 0.15) is 0 Å². The van der Waals surface area contributed by atoms with Crippen LogP contribution in [0.15, 0.2) is 36.4 Å². The Labute approximate surface area is 122 Å². The lowest BCUT2D eigenvalue weighted by Crippen LogP contribution is -2.04. The van der Waals surface area contributed by atoms with Gasteiger partial charge in [-0.1, -0.05) is 48.2 Å². The Morgan fingerprint density at radius 3 is 2.74 bits per heavy atom. The molecule has 0 aliphatic carbocycles. The Balaban J connectivity index is 0.00000180. The second-order valence-electron chi connectivity index (χ2n) is 3.96. The van der Waals surface area contributed by atoms with Gasteiger partial charge in [-0.3, -0.25) is 5.41 Å². The number of hydrogen-bond donors (Lipinski definition) is 2. The molecular weight excluding hydrogens is 278 g/mol. The van der Waals surface area contributed by atoms with E-state index in [9.17, 15) is 0 Å². The molecule has 5 heteroatoms. The van der Waals surface area contributed by atoms with Crippen molar-refractivity contribution >= 4 is 40.1 Å². The summed E-state index contributed by atoms with van der Waals surface area (Å²) in [6, 6.07) is 14.3. The van der Waals surface area contributed by atoms with Crippen LogP contribution in [0.25, 0.3) is 10.8 Å². The molecule has 0 saturated carbocycles. The normalized spacial score (nSPS) is 9.63. The van der Waals surface area contributed by atoms with Crippen molar-refractivity contribution in [2.75, 3.05) is 0 Å². The van der Waals surface area contributed by atoms with E-state index >= 15 is 0 Å². The molecule has 0 saturated heterocycles. The van der Waals surface area contributed by atoms with E-state index in [1.54, 1.807) is 0 Å². The van der Waals surface area contributed by atoms with Crippen LogP contribution in [0.4, 0.5) is 0 Å². The van der Waals surface area contributed by atoms with Gasteiger partial charge in [-0.25, -0.2) is 0 Å². The van der Waals surface area contributed by atoms with Gasteiger partial charge in [0, 0.05) is 5.75 Å². The average Bonchev–Trinajstić information content (AvgIpc) is 2.36. The van der Waals surface area contributed by atoms with Crippen LogP contribution in [-0.2, 0) is 12.2 Å². The number of hydrogen-bond acceptors (Lipinski definition) is 3. The van der Waals surface area contributed by atoms with Crippen molar-refractivity contribution in [3.05, 3.63) is 47.5 Å². The molecule has 98 valence electrons. The Morgan fingerprint density at radius 2 is 2.05 bits per heavy atom. The second-order valence-corrected chi connectivity index (χ2v) is 4.98. The highest BCUT2D eigenvalue weighted by atomic mass is 35.5. The van der Waals surface area contributed by atoms with E-state index in [-0.39, 0.29) is 17.6 Å². The lowest BCUT2D eigenvalue weighted by molar-refractivity contribution is 1.25. The molecule has 0 heterocycles. The summed E-state index contributed by atoms with van der Waals surface area (Å²) in [5.74, 6) is 0.662. The fraction of sp³-hybridized carbons (Fsp3) is 0.143. The number of nitriles is 1. The minimum Gasteiger partial charge on any atom is -0.379 e. The van der Waals surface area contributed by atoms with Crippen molar-refractivity contribution in [2.24, 2.45) is 5.73 Å². The summed E-state index contributed by atoms with van der Waals surface area (Å²) in [5.41, 5.74) is 7.51. The number of nitrogens with two attached hydrogens (primary N) is 1. The first-order chi connectivity index (χ1) is 8.70. The van der Waals surface area contributed by atoms with Crippen LogP contribution in [0.3, 0.4) is 0 Å². The standard InChI is InChI=1S/C14H13N3S.ClH/c15-6-5-10-7-11-3-1-2-4-13(11)12(8-10)9-18-14(16)17;/h1-4,7-8H,5,9H2,(H3,16,17);1H. The molecule has 0 radical (unpaired) electrons. The molecule has 0 atom stereocenters. The summed E-state index contributed by atoms with van der Waals surface area (Å²) in [6.07, 6.45) is 0.405. The van der Waals surface area contributed by atoms with Crippen LogP contribution in [0.2, 0.25) is 0 Å². The smallest absolute Gasteiger partial charge is 0.151 e. The number of rotatable bonds is 3. The van der Waals surface area contributed by atoms with Crippen molar-refractivity contribution in [1.29, 1.82) is 10.7 Å². The predicted molar refractivity (Wildman–Crippen MR) is 83.7 cm³/mol. The average molecular weight is 292 g/mol. The highest BCUT2D eigenvalue weighted by Gasteiger charge is 2.05. The molecule has 2 rings (SSSR count). The Hall–Kier alpha value is -1.70. The molecular formula is C14H14ClN3S. The number of nitrogens with zero attached hydrogens (tertiary/aromatic N) is 1. The molecule has 3 N–H and O–H groups in total. The molecule has 2 aromatic carbocycles. The van der Waals surface area contributed by atoms with E-state index in [1.165, 1.54) is 11.8 Å². The van der Waals surface area contributed by atoms with Gasteiger partial charge in [0.05, 0.1) is 12.5 Å². The zero-order valence-electron chi connectivity index (χ0n) is 10.2. The molecule has 0 aromatic heterocycles. The zero-order valence-corrected chi connectivity index (χ0v) is 11.9. The molecule has 2 aromatic rings. The van der Waals surface area contributed by atoms with Crippen LogP contribution in [0.1, 0.15) is 11.1 Å². The second kappa shape index (κ2) is 7.03. The Kier molecular flexibility index (Phi) is 5.68. The lowest BCUT2D eigenvalue weighted by atomic mass is 10.0. The first kappa shape index (κ1) is 15.4. The monoisotopic (exact) mass is 291 g/mol. The predicted octanol–water partition coefficient (Wildman–Crippen LogP) is 3.45. The Morgan fingerprint density at radius 1 is 1.32 bits per heavy atom. The minimum atomic E-state index is 0. The first-order valence-electron chi connectivity index (χ1n) is 5.55. The third kappa shape index (κ3) is 3.88. The van der Waals surface area contributed by atoms with Crippen LogP contribution in [-0.4, -0.2) is 5.17 Å². The van der Waals surface area contributed by atoms with Gasteiger partial charge in [-0.05, 0) is 21.9 Å². The SMILES string of the molecule is Cl.N#CCc1cc(CSC(=N)N)c2ccccc2c1. The lowest BCUT2D eigenvalue weighted by Gasteiger charge is -2.08. The third-order valence-corrected chi connectivity index (χ3v) is 3.44. The van der Waals surface area contributed by atoms with E-state index in [0.29, 0.717) is 12.2 Å². The summed E-state index contributed by atoms with van der Waals surface area (Å²) < 4.78 is 0. The van der Waals surface area contributed by atoms with Gasteiger partial charge in [-0.2, -0.15) is 5.26 Å². The van der Waals surface area contributed by atoms with Gasteiger partial charge in [0.25, 0.3) is 0 Å². The molecule has 0 aliphatic heterocycles. The van der Waals surface area contributed by atoms with Crippen LogP contribution >= 0.6 is 24.2 Å². The fourth-order valence-electron chi connectivity index (χ4n) is 1.93. The molecule has 19 heavy (non-hydrogen) atoms. The summed E-state index contributed by atoms with van der Waals surface area (Å²) in [4.78, 5) is 0. The van der Waals surface area contributed by atoms with E-state index in [2.05, 4.69) is 12.1 Å². The van der Waals surface area contributed by atoms with Gasteiger partial charge in [-0.15, -0.1) is 12.4 Å². The maximum absolute atomic E-state index is 8.79. The molecule has 3 nitrogen and oxygen atoms in total. The van der Waals surface area contributed by atoms with Crippen molar-refractivity contribution in [2.45, 2.75) is 12.2 Å². The van der Waals surface area contributed by atoms with E-state index in [0.717, 1.165) is 21.9 Å².